The van der Waals surface area contributed by atoms with E-state index < -0.39 is 0 Å². The minimum Gasteiger partial charge on any atom is -0.346 e. The molecule has 1 aromatic carbocycles. The Kier molecular flexibility index (Phi) is 3.59. The van der Waals surface area contributed by atoms with Crippen molar-refractivity contribution in [3.8, 4) is 0 Å². The molecule has 6 heteroatoms. The number of amides is 1. The second-order valence-corrected chi connectivity index (χ2v) is 4.85. The predicted octanol–water partition coefficient (Wildman–Crippen LogP) is 1.64. The van der Waals surface area contributed by atoms with Crippen LogP contribution in [0.2, 0.25) is 0 Å². The summed E-state index contributed by atoms with van der Waals surface area (Å²) in [5.41, 5.74) is 2.21. The van der Waals surface area contributed by atoms with Crippen LogP contribution < -0.4 is 5.32 Å². The third-order valence-electron chi connectivity index (χ3n) is 3.14. The van der Waals surface area contributed by atoms with E-state index in [4.69, 9.17) is 0 Å². The molecular formula is C15H15N5O. The van der Waals surface area contributed by atoms with Crippen LogP contribution in [0.3, 0.4) is 0 Å². The Morgan fingerprint density at radius 3 is 2.86 bits per heavy atom. The van der Waals surface area contributed by atoms with Crippen LogP contribution >= 0.6 is 0 Å². The summed E-state index contributed by atoms with van der Waals surface area (Å²) in [5.74, 6) is -0.187. The van der Waals surface area contributed by atoms with Gasteiger partial charge in [0.05, 0.1) is 12.1 Å². The van der Waals surface area contributed by atoms with Gasteiger partial charge in [-0.15, -0.1) is 5.10 Å². The molecule has 0 radical (unpaired) electrons. The maximum absolute atomic E-state index is 12.0. The summed E-state index contributed by atoms with van der Waals surface area (Å²) in [6.07, 6.45) is 1.60. The van der Waals surface area contributed by atoms with Gasteiger partial charge in [-0.25, -0.2) is 4.68 Å². The van der Waals surface area contributed by atoms with Crippen LogP contribution in [0.25, 0.3) is 11.0 Å². The fourth-order valence-corrected chi connectivity index (χ4v) is 2.15. The average molecular weight is 281 g/mol. The van der Waals surface area contributed by atoms with Gasteiger partial charge >= 0.3 is 0 Å². The van der Waals surface area contributed by atoms with Crippen molar-refractivity contribution in [2.24, 2.45) is 0 Å². The Morgan fingerprint density at radius 2 is 2.05 bits per heavy atom. The number of aromatic nitrogens is 4. The number of pyridine rings is 1. The van der Waals surface area contributed by atoms with Crippen molar-refractivity contribution in [2.45, 2.75) is 19.5 Å². The first-order valence-corrected chi connectivity index (χ1v) is 6.74. The minimum absolute atomic E-state index is 0.0791. The number of fused-ring (bicyclic) bond motifs is 1. The molecule has 6 nitrogen and oxygen atoms in total. The number of para-hydroxylation sites is 1. The highest BCUT2D eigenvalue weighted by Crippen LogP contribution is 2.10. The highest BCUT2D eigenvalue weighted by Gasteiger charge is 2.12. The molecule has 0 unspecified atom stereocenters. The highest BCUT2D eigenvalue weighted by molar-refractivity contribution is 5.92. The number of hydrogen-bond donors (Lipinski definition) is 1. The van der Waals surface area contributed by atoms with Gasteiger partial charge in [-0.05, 0) is 31.2 Å². The topological polar surface area (TPSA) is 72.7 Å². The van der Waals surface area contributed by atoms with E-state index in [2.05, 4.69) is 20.6 Å². The summed E-state index contributed by atoms with van der Waals surface area (Å²) in [7, 11) is 0. The van der Waals surface area contributed by atoms with Crippen LogP contribution in [0.5, 0.6) is 0 Å². The largest absolute Gasteiger partial charge is 0.346 e. The number of hydrogen-bond acceptors (Lipinski definition) is 4. The number of benzene rings is 1. The van der Waals surface area contributed by atoms with Crippen LogP contribution in [-0.4, -0.2) is 31.9 Å². The first-order chi connectivity index (χ1) is 10.2. The molecule has 0 spiro atoms. The van der Waals surface area contributed by atoms with E-state index >= 15 is 0 Å². The molecule has 0 aliphatic heterocycles. The number of nitrogens with one attached hydrogen (secondary N) is 1. The minimum atomic E-state index is -0.187. The summed E-state index contributed by atoms with van der Waals surface area (Å²) >= 11 is 0. The zero-order valence-electron chi connectivity index (χ0n) is 11.6. The van der Waals surface area contributed by atoms with Crippen LogP contribution in [0.15, 0.2) is 48.7 Å². The molecule has 106 valence electrons. The molecule has 1 atom stereocenters. The smallest absolute Gasteiger partial charge is 0.270 e. The summed E-state index contributed by atoms with van der Waals surface area (Å²) in [6.45, 7) is 2.48. The van der Waals surface area contributed by atoms with E-state index in [0.29, 0.717) is 12.2 Å². The van der Waals surface area contributed by atoms with Gasteiger partial charge in [-0.3, -0.25) is 9.78 Å². The molecular weight excluding hydrogens is 266 g/mol. The van der Waals surface area contributed by atoms with E-state index in [1.54, 1.807) is 29.1 Å². The van der Waals surface area contributed by atoms with Crippen molar-refractivity contribution in [1.82, 2.24) is 25.3 Å². The fraction of sp³-hybridized carbons (Fsp3) is 0.200. The lowest BCUT2D eigenvalue weighted by Crippen LogP contribution is -2.36. The lowest BCUT2D eigenvalue weighted by atomic mass is 10.2. The molecule has 0 saturated heterocycles. The van der Waals surface area contributed by atoms with Gasteiger partial charge in [0.1, 0.15) is 11.2 Å². The molecule has 1 amide bonds. The van der Waals surface area contributed by atoms with E-state index in [1.165, 1.54) is 0 Å². The van der Waals surface area contributed by atoms with Gasteiger partial charge in [-0.1, -0.05) is 23.4 Å². The van der Waals surface area contributed by atoms with E-state index in [-0.39, 0.29) is 11.9 Å². The standard InChI is InChI=1S/C15H15N5O/c1-11(17-15(21)13-7-4-5-9-16-13)10-20-14-8-3-2-6-12(14)18-19-20/h2-9,11H,10H2,1H3,(H,17,21)/t11-/m1/s1. The second kappa shape index (κ2) is 5.70. The maximum atomic E-state index is 12.0. The molecule has 0 saturated carbocycles. The SMILES string of the molecule is C[C@H](Cn1nnc2ccccc21)NC(=O)c1ccccn1. The van der Waals surface area contributed by atoms with Crippen LogP contribution in [0.1, 0.15) is 17.4 Å². The monoisotopic (exact) mass is 281 g/mol. The number of carbonyl (C=O) groups excluding carboxylic acids is 1. The molecule has 3 rings (SSSR count). The number of carbonyl (C=O) groups is 1. The molecule has 2 heterocycles. The van der Waals surface area contributed by atoms with E-state index in [9.17, 15) is 4.79 Å². The van der Waals surface area contributed by atoms with Crippen molar-refractivity contribution in [3.63, 3.8) is 0 Å². The molecule has 2 aromatic heterocycles. The van der Waals surface area contributed by atoms with Crippen molar-refractivity contribution < 1.29 is 4.79 Å². The number of nitrogens with zero attached hydrogens (tertiary/aromatic N) is 4. The van der Waals surface area contributed by atoms with Crippen LogP contribution in [-0.2, 0) is 6.54 Å². The van der Waals surface area contributed by atoms with Gasteiger partial charge < -0.3 is 5.32 Å². The lowest BCUT2D eigenvalue weighted by Gasteiger charge is -2.13. The van der Waals surface area contributed by atoms with Crippen LogP contribution in [0.4, 0.5) is 0 Å². The zero-order valence-corrected chi connectivity index (χ0v) is 11.6. The molecule has 3 aromatic rings. The Labute approximate surface area is 121 Å². The Morgan fingerprint density at radius 1 is 1.24 bits per heavy atom. The van der Waals surface area contributed by atoms with Crippen molar-refractivity contribution >= 4 is 16.9 Å². The normalized spacial score (nSPS) is 12.2. The van der Waals surface area contributed by atoms with Gasteiger partial charge in [0.15, 0.2) is 0 Å². The molecule has 21 heavy (non-hydrogen) atoms. The van der Waals surface area contributed by atoms with Gasteiger partial charge in [0, 0.05) is 12.2 Å². The fourth-order valence-electron chi connectivity index (χ4n) is 2.15. The molecule has 0 bridgehead atoms. The first-order valence-electron chi connectivity index (χ1n) is 6.74. The van der Waals surface area contributed by atoms with Crippen molar-refractivity contribution in [2.75, 3.05) is 0 Å². The summed E-state index contributed by atoms with van der Waals surface area (Å²) in [4.78, 5) is 16.1. The van der Waals surface area contributed by atoms with Crippen molar-refractivity contribution in [1.29, 1.82) is 0 Å². The maximum Gasteiger partial charge on any atom is 0.270 e. The molecule has 1 N–H and O–H groups in total. The summed E-state index contributed by atoms with van der Waals surface area (Å²) < 4.78 is 1.79. The molecule has 0 fully saturated rings. The van der Waals surface area contributed by atoms with Crippen LogP contribution in [0, 0.1) is 0 Å². The Bertz CT molecular complexity index is 753. The highest BCUT2D eigenvalue weighted by atomic mass is 16.1. The predicted molar refractivity (Wildman–Crippen MR) is 78.7 cm³/mol. The van der Waals surface area contributed by atoms with Gasteiger partial charge in [-0.2, -0.15) is 0 Å². The second-order valence-electron chi connectivity index (χ2n) is 4.85. The van der Waals surface area contributed by atoms with E-state index in [0.717, 1.165) is 11.0 Å². The molecule has 0 aliphatic carbocycles. The first kappa shape index (κ1) is 13.2. The third-order valence-corrected chi connectivity index (χ3v) is 3.14. The third kappa shape index (κ3) is 2.89. The van der Waals surface area contributed by atoms with Gasteiger partial charge in [0.25, 0.3) is 5.91 Å². The summed E-state index contributed by atoms with van der Waals surface area (Å²) in [5, 5.41) is 11.1. The quantitative estimate of drug-likeness (QED) is 0.789. The Balaban J connectivity index is 1.69. The lowest BCUT2D eigenvalue weighted by molar-refractivity contribution is 0.0931. The zero-order chi connectivity index (χ0) is 14.7. The average Bonchev–Trinajstić information content (AvgIpc) is 2.91. The summed E-state index contributed by atoms with van der Waals surface area (Å²) in [6, 6.07) is 12.9. The van der Waals surface area contributed by atoms with Crippen molar-refractivity contribution in [3.05, 3.63) is 54.4 Å². The number of rotatable bonds is 4. The van der Waals surface area contributed by atoms with E-state index in [1.807, 2.05) is 31.2 Å². The Hall–Kier alpha value is -2.76. The molecule has 0 aliphatic rings. The van der Waals surface area contributed by atoms with Gasteiger partial charge in [0.2, 0.25) is 0 Å².